The van der Waals surface area contributed by atoms with Crippen molar-refractivity contribution >= 4 is 0 Å². The molecule has 0 amide bonds. The second-order valence-electron chi connectivity index (χ2n) is 3.84. The van der Waals surface area contributed by atoms with Crippen LogP contribution in [-0.4, -0.2) is 4.98 Å². The van der Waals surface area contributed by atoms with Crippen molar-refractivity contribution in [3.63, 3.8) is 0 Å². The van der Waals surface area contributed by atoms with Crippen LogP contribution < -0.4 is 0 Å². The Morgan fingerprint density at radius 2 is 2.27 bits per heavy atom. The summed E-state index contributed by atoms with van der Waals surface area (Å²) in [5.41, 5.74) is 1.56. The molecule has 0 spiro atoms. The van der Waals surface area contributed by atoms with Crippen molar-refractivity contribution in [3.05, 3.63) is 29.6 Å². The first-order valence-electron chi connectivity index (χ1n) is 4.98. The maximum atomic E-state index is 8.76. The van der Waals surface area contributed by atoms with Crippen LogP contribution >= 0.6 is 0 Å². The number of nitrogens with zero attached hydrogens (tertiary/aromatic N) is 2. The lowest BCUT2D eigenvalue weighted by Gasteiger charge is -2.18. The van der Waals surface area contributed by atoms with Crippen LogP contribution in [0.25, 0.3) is 0 Å². The third-order valence-corrected chi connectivity index (χ3v) is 2.47. The summed E-state index contributed by atoms with van der Waals surface area (Å²) in [5, 5.41) is 8.76. The first-order valence-corrected chi connectivity index (χ1v) is 4.98. The number of rotatable bonds is 3. The van der Waals surface area contributed by atoms with E-state index in [4.69, 9.17) is 11.7 Å². The van der Waals surface area contributed by atoms with E-state index in [-0.39, 0.29) is 0 Å². The summed E-state index contributed by atoms with van der Waals surface area (Å²) in [6, 6.07) is 5.80. The Morgan fingerprint density at radius 3 is 2.80 bits per heavy atom. The van der Waals surface area contributed by atoms with Gasteiger partial charge in [-0.25, -0.2) is 4.98 Å². The number of pyridine rings is 1. The van der Waals surface area contributed by atoms with Crippen molar-refractivity contribution in [3.8, 4) is 18.4 Å². The van der Waals surface area contributed by atoms with E-state index in [0.717, 1.165) is 5.56 Å². The Hall–Kier alpha value is -1.80. The van der Waals surface area contributed by atoms with Gasteiger partial charge in [-0.2, -0.15) is 5.26 Å². The van der Waals surface area contributed by atoms with Crippen LogP contribution in [0.3, 0.4) is 0 Å². The molecular formula is C13H14N2. The van der Waals surface area contributed by atoms with Crippen LogP contribution in [0, 0.1) is 29.6 Å². The number of hydrogen-bond donors (Lipinski definition) is 0. The third-order valence-electron chi connectivity index (χ3n) is 2.47. The monoisotopic (exact) mass is 198 g/mol. The van der Waals surface area contributed by atoms with E-state index in [2.05, 4.69) is 24.8 Å². The molecule has 0 radical (unpaired) electrons. The lowest BCUT2D eigenvalue weighted by Crippen LogP contribution is -2.06. The van der Waals surface area contributed by atoms with Gasteiger partial charge in [0.25, 0.3) is 0 Å². The topological polar surface area (TPSA) is 36.7 Å². The fourth-order valence-corrected chi connectivity index (χ4v) is 1.60. The Kier molecular flexibility index (Phi) is 3.89. The van der Waals surface area contributed by atoms with E-state index < -0.39 is 0 Å². The van der Waals surface area contributed by atoms with E-state index in [1.54, 1.807) is 6.20 Å². The second kappa shape index (κ2) is 5.17. The van der Waals surface area contributed by atoms with Crippen LogP contribution in [-0.2, 0) is 0 Å². The summed E-state index contributed by atoms with van der Waals surface area (Å²) in [7, 11) is 0. The van der Waals surface area contributed by atoms with E-state index in [0.29, 0.717) is 24.0 Å². The lowest BCUT2D eigenvalue weighted by atomic mass is 9.86. The van der Waals surface area contributed by atoms with Crippen LogP contribution in [0.1, 0.15) is 37.4 Å². The number of terminal acetylenes is 1. The maximum absolute atomic E-state index is 8.76. The molecule has 1 aromatic heterocycles. The van der Waals surface area contributed by atoms with Gasteiger partial charge in [-0.3, -0.25) is 0 Å². The average Bonchev–Trinajstić information content (AvgIpc) is 2.25. The zero-order valence-corrected chi connectivity index (χ0v) is 9.07. The summed E-state index contributed by atoms with van der Waals surface area (Å²) in [5.74, 6) is 3.46. The molecule has 0 aliphatic carbocycles. The summed E-state index contributed by atoms with van der Waals surface area (Å²) in [6.07, 6.45) is 7.71. The van der Waals surface area contributed by atoms with Crippen LogP contribution in [0.2, 0.25) is 0 Å². The molecule has 2 heteroatoms. The first-order chi connectivity index (χ1) is 7.19. The minimum atomic E-state index is 0.310. The summed E-state index contributed by atoms with van der Waals surface area (Å²) in [4.78, 5) is 3.95. The molecule has 0 aliphatic rings. The van der Waals surface area contributed by atoms with Crippen LogP contribution in [0.15, 0.2) is 18.3 Å². The average molecular weight is 198 g/mol. The first kappa shape index (κ1) is 11.3. The lowest BCUT2D eigenvalue weighted by molar-refractivity contribution is 0.507. The van der Waals surface area contributed by atoms with Gasteiger partial charge < -0.3 is 0 Å². The normalized spacial score (nSPS) is 11.8. The molecule has 1 rings (SSSR count). The van der Waals surface area contributed by atoms with Gasteiger partial charge in [0.2, 0.25) is 0 Å². The van der Waals surface area contributed by atoms with Gasteiger partial charge in [0.15, 0.2) is 0 Å². The van der Waals surface area contributed by atoms with Gasteiger partial charge in [-0.15, -0.1) is 12.3 Å². The van der Waals surface area contributed by atoms with Gasteiger partial charge in [0.1, 0.15) is 11.8 Å². The standard InChI is InChI=1S/C13H14N2/c1-4-5-13(10(2)3)11-6-7-15-12(8-11)9-14/h1,6-8,10,13H,5H2,2-3H3. The third kappa shape index (κ3) is 2.82. The molecule has 0 N–H and O–H groups in total. The van der Waals surface area contributed by atoms with Gasteiger partial charge in [-0.05, 0) is 29.5 Å². The fourth-order valence-electron chi connectivity index (χ4n) is 1.60. The van der Waals surface area contributed by atoms with Crippen molar-refractivity contribution in [1.29, 1.82) is 5.26 Å². The molecule has 0 aliphatic heterocycles. The zero-order valence-electron chi connectivity index (χ0n) is 9.07. The van der Waals surface area contributed by atoms with Crippen molar-refractivity contribution in [1.82, 2.24) is 4.98 Å². The van der Waals surface area contributed by atoms with E-state index in [1.165, 1.54) is 0 Å². The van der Waals surface area contributed by atoms with E-state index >= 15 is 0 Å². The molecule has 76 valence electrons. The summed E-state index contributed by atoms with van der Waals surface area (Å²) < 4.78 is 0. The Labute approximate surface area is 91.0 Å². The van der Waals surface area contributed by atoms with Crippen molar-refractivity contribution in [2.24, 2.45) is 5.92 Å². The Bertz CT molecular complexity index is 407. The molecule has 0 fully saturated rings. The predicted octanol–water partition coefficient (Wildman–Crippen LogP) is 2.72. The smallest absolute Gasteiger partial charge is 0.140 e. The minimum Gasteiger partial charge on any atom is -0.246 e. The number of hydrogen-bond acceptors (Lipinski definition) is 2. The predicted molar refractivity (Wildman–Crippen MR) is 60.0 cm³/mol. The van der Waals surface area contributed by atoms with Crippen LogP contribution in [0.5, 0.6) is 0 Å². The fraction of sp³-hybridized carbons (Fsp3) is 0.385. The molecule has 0 aromatic carbocycles. The molecule has 2 nitrogen and oxygen atoms in total. The quantitative estimate of drug-likeness (QED) is 0.700. The van der Waals surface area contributed by atoms with Gasteiger partial charge in [0.05, 0.1) is 0 Å². The highest BCUT2D eigenvalue weighted by molar-refractivity contribution is 5.28. The molecule has 1 atom stereocenters. The van der Waals surface area contributed by atoms with Crippen molar-refractivity contribution in [2.75, 3.05) is 0 Å². The Morgan fingerprint density at radius 1 is 1.53 bits per heavy atom. The molecule has 1 aromatic rings. The van der Waals surface area contributed by atoms with E-state index in [1.807, 2.05) is 18.2 Å². The van der Waals surface area contributed by atoms with Gasteiger partial charge in [0, 0.05) is 12.6 Å². The van der Waals surface area contributed by atoms with E-state index in [9.17, 15) is 0 Å². The second-order valence-corrected chi connectivity index (χ2v) is 3.84. The highest BCUT2D eigenvalue weighted by Gasteiger charge is 2.15. The molecular weight excluding hydrogens is 184 g/mol. The van der Waals surface area contributed by atoms with Crippen molar-refractivity contribution < 1.29 is 0 Å². The number of nitriles is 1. The molecule has 1 heterocycles. The van der Waals surface area contributed by atoms with Gasteiger partial charge >= 0.3 is 0 Å². The highest BCUT2D eigenvalue weighted by atomic mass is 14.7. The van der Waals surface area contributed by atoms with Crippen LogP contribution in [0.4, 0.5) is 0 Å². The minimum absolute atomic E-state index is 0.310. The SMILES string of the molecule is C#CCC(c1ccnc(C#N)c1)C(C)C. The molecule has 15 heavy (non-hydrogen) atoms. The summed E-state index contributed by atoms with van der Waals surface area (Å²) in [6.45, 7) is 4.27. The highest BCUT2D eigenvalue weighted by Crippen LogP contribution is 2.27. The van der Waals surface area contributed by atoms with Gasteiger partial charge in [-0.1, -0.05) is 13.8 Å². The largest absolute Gasteiger partial charge is 0.246 e. The molecule has 0 saturated carbocycles. The Balaban J connectivity index is 3.02. The molecule has 0 saturated heterocycles. The zero-order chi connectivity index (χ0) is 11.3. The summed E-state index contributed by atoms with van der Waals surface area (Å²) >= 11 is 0. The molecule has 0 bridgehead atoms. The van der Waals surface area contributed by atoms with Crippen molar-refractivity contribution in [2.45, 2.75) is 26.2 Å². The molecule has 1 unspecified atom stereocenters. The maximum Gasteiger partial charge on any atom is 0.140 e. The number of aromatic nitrogens is 1.